The van der Waals surface area contributed by atoms with Crippen molar-refractivity contribution in [1.82, 2.24) is 9.78 Å². The summed E-state index contributed by atoms with van der Waals surface area (Å²) in [5.74, 6) is 0. The van der Waals surface area contributed by atoms with Crippen molar-refractivity contribution in [2.75, 3.05) is 0 Å². The van der Waals surface area contributed by atoms with Gasteiger partial charge in [0.1, 0.15) is 6.29 Å². The molecule has 0 saturated carbocycles. The predicted octanol–water partition coefficient (Wildman–Crippen LogP) is 1.75. The number of rotatable bonds is 2. The minimum absolute atomic E-state index is 0.240. The first kappa shape index (κ1) is 10.0. The Kier molecular flexibility index (Phi) is 2.60. The summed E-state index contributed by atoms with van der Waals surface area (Å²) in [5, 5.41) is 2.59. The molecule has 0 N–H and O–H groups in total. The van der Waals surface area contributed by atoms with Gasteiger partial charge in [0.05, 0.1) is 11.6 Å². The zero-order chi connectivity index (χ0) is 10.1. The number of alkyl halides is 3. The van der Waals surface area contributed by atoms with Crippen LogP contribution in [0.15, 0.2) is 6.20 Å². The molecule has 3 nitrogen and oxygen atoms in total. The first-order valence-electron chi connectivity index (χ1n) is 3.19. The van der Waals surface area contributed by atoms with Crippen molar-refractivity contribution in [3.8, 4) is 0 Å². The van der Waals surface area contributed by atoms with Crippen LogP contribution in [0.5, 0.6) is 0 Å². The Morgan fingerprint density at radius 2 is 2.23 bits per heavy atom. The maximum atomic E-state index is 12.1. The average molecular weight is 213 g/mol. The summed E-state index contributed by atoms with van der Waals surface area (Å²) in [7, 11) is 0. The van der Waals surface area contributed by atoms with Crippen molar-refractivity contribution in [2.45, 2.75) is 12.7 Å². The second-order valence-corrected chi connectivity index (χ2v) is 2.62. The molecule has 0 amide bonds. The van der Waals surface area contributed by atoms with Gasteiger partial charge in [-0.1, -0.05) is 11.6 Å². The normalized spacial score (nSPS) is 11.7. The molecule has 0 fully saturated rings. The van der Waals surface area contributed by atoms with Crippen LogP contribution in [-0.2, 0) is 17.5 Å². The van der Waals surface area contributed by atoms with Gasteiger partial charge >= 0.3 is 6.18 Å². The molecule has 0 aliphatic heterocycles. The number of aromatic nitrogens is 2. The van der Waals surface area contributed by atoms with Crippen LogP contribution < -0.4 is 0 Å². The first-order chi connectivity index (χ1) is 5.95. The highest BCUT2D eigenvalue weighted by Crippen LogP contribution is 2.32. The van der Waals surface area contributed by atoms with Gasteiger partial charge in [0.15, 0.2) is 5.69 Å². The fourth-order valence-corrected chi connectivity index (χ4v) is 1.02. The van der Waals surface area contributed by atoms with E-state index in [-0.39, 0.29) is 6.54 Å². The smallest absolute Gasteiger partial charge is 0.301 e. The van der Waals surface area contributed by atoms with Crippen LogP contribution in [-0.4, -0.2) is 16.1 Å². The molecule has 1 rings (SSSR count). The number of halogens is 4. The second-order valence-electron chi connectivity index (χ2n) is 2.21. The molecule has 72 valence electrons. The van der Waals surface area contributed by atoms with Crippen LogP contribution in [0.2, 0.25) is 5.02 Å². The van der Waals surface area contributed by atoms with Crippen LogP contribution in [0.1, 0.15) is 5.69 Å². The molecular weight excluding hydrogens is 209 g/mol. The number of carbonyl (C=O) groups excluding carboxylic acids is 1. The van der Waals surface area contributed by atoms with Gasteiger partial charge in [-0.05, 0) is 0 Å². The number of hydrogen-bond donors (Lipinski definition) is 0. The molecule has 13 heavy (non-hydrogen) atoms. The van der Waals surface area contributed by atoms with Crippen LogP contribution in [0.4, 0.5) is 13.2 Å². The van der Waals surface area contributed by atoms with Gasteiger partial charge < -0.3 is 4.79 Å². The van der Waals surface area contributed by atoms with Crippen LogP contribution in [0.25, 0.3) is 0 Å². The predicted molar refractivity (Wildman–Crippen MR) is 38.3 cm³/mol. The van der Waals surface area contributed by atoms with E-state index in [1.54, 1.807) is 0 Å². The Bertz CT molecular complexity index is 320. The van der Waals surface area contributed by atoms with Gasteiger partial charge in [-0.15, -0.1) is 0 Å². The number of nitrogens with zero attached hydrogens (tertiary/aromatic N) is 2. The molecule has 0 saturated heterocycles. The molecule has 1 aromatic rings. The Labute approximate surface area is 76.1 Å². The number of carbonyl (C=O) groups is 1. The van der Waals surface area contributed by atoms with Gasteiger partial charge in [0.25, 0.3) is 0 Å². The molecule has 0 aliphatic rings. The SMILES string of the molecule is O=CCn1cc(Cl)c(C(F)(F)F)n1. The Morgan fingerprint density at radius 3 is 2.62 bits per heavy atom. The maximum absolute atomic E-state index is 12.1. The first-order valence-corrected chi connectivity index (χ1v) is 3.56. The van der Waals surface area contributed by atoms with Crippen molar-refractivity contribution in [1.29, 1.82) is 0 Å². The summed E-state index contributed by atoms with van der Waals surface area (Å²) >= 11 is 5.25. The van der Waals surface area contributed by atoms with Gasteiger partial charge in [0, 0.05) is 6.20 Å². The lowest BCUT2D eigenvalue weighted by Crippen LogP contribution is -2.08. The summed E-state index contributed by atoms with van der Waals surface area (Å²) in [6.45, 7) is -0.240. The van der Waals surface area contributed by atoms with Gasteiger partial charge in [0.2, 0.25) is 0 Å². The second kappa shape index (κ2) is 3.37. The number of hydrogen-bond acceptors (Lipinski definition) is 2. The third-order valence-electron chi connectivity index (χ3n) is 1.25. The standard InChI is InChI=1S/C6H4ClF3N2O/c7-4-3-12(1-2-13)11-5(4)6(8,9)10/h2-3H,1H2. The minimum Gasteiger partial charge on any atom is -0.301 e. The zero-order valence-corrected chi connectivity index (χ0v) is 6.93. The summed E-state index contributed by atoms with van der Waals surface area (Å²) in [6, 6.07) is 0. The molecule has 1 aromatic heterocycles. The monoisotopic (exact) mass is 212 g/mol. The molecule has 7 heteroatoms. The Morgan fingerprint density at radius 1 is 1.62 bits per heavy atom. The molecule has 0 atom stereocenters. The summed E-state index contributed by atoms with van der Waals surface area (Å²) in [5.41, 5.74) is -1.17. The maximum Gasteiger partial charge on any atom is 0.436 e. The molecule has 0 spiro atoms. The molecule has 0 bridgehead atoms. The van der Waals surface area contributed by atoms with Crippen molar-refractivity contribution in [3.05, 3.63) is 16.9 Å². The van der Waals surface area contributed by atoms with Gasteiger partial charge in [-0.2, -0.15) is 18.3 Å². The third kappa shape index (κ3) is 2.21. The van der Waals surface area contributed by atoms with Crippen LogP contribution >= 0.6 is 11.6 Å². The highest BCUT2D eigenvalue weighted by molar-refractivity contribution is 6.31. The summed E-state index contributed by atoms with van der Waals surface area (Å²) in [6.07, 6.45) is -3.19. The zero-order valence-electron chi connectivity index (χ0n) is 6.18. The van der Waals surface area contributed by atoms with Crippen LogP contribution in [0, 0.1) is 0 Å². The van der Waals surface area contributed by atoms with E-state index in [1.165, 1.54) is 0 Å². The van der Waals surface area contributed by atoms with E-state index in [9.17, 15) is 18.0 Å². The van der Waals surface area contributed by atoms with E-state index in [2.05, 4.69) is 5.10 Å². The molecule has 0 unspecified atom stereocenters. The lowest BCUT2D eigenvalue weighted by atomic mass is 10.4. The van der Waals surface area contributed by atoms with Crippen molar-refractivity contribution < 1.29 is 18.0 Å². The minimum atomic E-state index is -4.58. The molecular formula is C6H4ClF3N2O. The van der Waals surface area contributed by atoms with E-state index in [4.69, 9.17) is 11.6 Å². The highest BCUT2D eigenvalue weighted by atomic mass is 35.5. The highest BCUT2D eigenvalue weighted by Gasteiger charge is 2.36. The van der Waals surface area contributed by atoms with Crippen molar-refractivity contribution in [3.63, 3.8) is 0 Å². The molecule has 1 heterocycles. The van der Waals surface area contributed by atoms with E-state index in [0.717, 1.165) is 10.9 Å². The fourth-order valence-electron chi connectivity index (χ4n) is 0.759. The lowest BCUT2D eigenvalue weighted by Gasteiger charge is -2.00. The van der Waals surface area contributed by atoms with Crippen molar-refractivity contribution >= 4 is 17.9 Å². The quantitative estimate of drug-likeness (QED) is 0.700. The lowest BCUT2D eigenvalue weighted by molar-refractivity contribution is -0.141. The molecule has 0 radical (unpaired) electrons. The fraction of sp³-hybridized carbons (Fsp3) is 0.333. The van der Waals surface area contributed by atoms with E-state index >= 15 is 0 Å². The topological polar surface area (TPSA) is 34.9 Å². The van der Waals surface area contributed by atoms with E-state index in [0.29, 0.717) is 6.29 Å². The van der Waals surface area contributed by atoms with Crippen molar-refractivity contribution in [2.24, 2.45) is 0 Å². The third-order valence-corrected chi connectivity index (χ3v) is 1.52. The van der Waals surface area contributed by atoms with Gasteiger partial charge in [-0.25, -0.2) is 0 Å². The Balaban J connectivity index is 3.03. The van der Waals surface area contributed by atoms with E-state index in [1.807, 2.05) is 0 Å². The molecule has 0 aliphatic carbocycles. The molecule has 0 aromatic carbocycles. The number of aldehydes is 1. The van der Waals surface area contributed by atoms with Crippen LogP contribution in [0.3, 0.4) is 0 Å². The largest absolute Gasteiger partial charge is 0.436 e. The summed E-state index contributed by atoms with van der Waals surface area (Å²) < 4.78 is 37.0. The average Bonchev–Trinajstić information content (AvgIpc) is 2.30. The van der Waals surface area contributed by atoms with E-state index < -0.39 is 16.9 Å². The van der Waals surface area contributed by atoms with Gasteiger partial charge in [-0.3, -0.25) is 4.68 Å². The Hall–Kier alpha value is -1.04. The summed E-state index contributed by atoms with van der Waals surface area (Å²) in [4.78, 5) is 9.96.